The van der Waals surface area contributed by atoms with Gasteiger partial charge in [0.2, 0.25) is 0 Å². The standard InChI is InChI=1S/C8H7BrN2/c1-5-2-7(9)6(4-10)3-8(5)11/h2-3H,11H2,1H3. The van der Waals surface area contributed by atoms with Crippen molar-refractivity contribution in [2.24, 2.45) is 0 Å². The minimum atomic E-state index is 0.577. The number of nitriles is 1. The second-order valence-electron chi connectivity index (χ2n) is 2.30. The Morgan fingerprint density at radius 3 is 2.73 bits per heavy atom. The zero-order valence-corrected chi connectivity index (χ0v) is 7.64. The summed E-state index contributed by atoms with van der Waals surface area (Å²) in [5, 5.41) is 8.60. The number of rotatable bonds is 0. The lowest BCUT2D eigenvalue weighted by atomic mass is 10.1. The van der Waals surface area contributed by atoms with E-state index in [1.165, 1.54) is 0 Å². The molecule has 0 heterocycles. The number of nitrogen functional groups attached to an aromatic ring is 1. The van der Waals surface area contributed by atoms with Gasteiger partial charge in [0.25, 0.3) is 0 Å². The molecule has 0 aliphatic carbocycles. The Bertz CT molecular complexity index is 326. The molecule has 3 heteroatoms. The first-order valence-corrected chi connectivity index (χ1v) is 3.90. The van der Waals surface area contributed by atoms with Crippen LogP contribution in [-0.2, 0) is 0 Å². The fourth-order valence-electron chi connectivity index (χ4n) is 0.775. The minimum absolute atomic E-state index is 0.577. The fraction of sp³-hybridized carbons (Fsp3) is 0.125. The van der Waals surface area contributed by atoms with Gasteiger partial charge in [0.05, 0.1) is 5.56 Å². The Balaban J connectivity index is 3.35. The third-order valence-electron chi connectivity index (χ3n) is 1.48. The molecule has 0 atom stereocenters. The van der Waals surface area contributed by atoms with Gasteiger partial charge in [0, 0.05) is 10.2 Å². The van der Waals surface area contributed by atoms with Crippen molar-refractivity contribution in [2.45, 2.75) is 6.92 Å². The maximum atomic E-state index is 8.60. The lowest BCUT2D eigenvalue weighted by molar-refractivity contribution is 1.41. The van der Waals surface area contributed by atoms with Gasteiger partial charge < -0.3 is 5.73 Å². The number of nitrogens with two attached hydrogens (primary N) is 1. The highest BCUT2D eigenvalue weighted by Gasteiger charge is 2.01. The molecule has 1 rings (SSSR count). The zero-order chi connectivity index (χ0) is 8.43. The second-order valence-corrected chi connectivity index (χ2v) is 3.15. The number of halogens is 1. The van der Waals surface area contributed by atoms with Crippen LogP contribution >= 0.6 is 15.9 Å². The van der Waals surface area contributed by atoms with Gasteiger partial charge in [0.15, 0.2) is 0 Å². The maximum absolute atomic E-state index is 8.60. The normalized spacial score (nSPS) is 9.18. The summed E-state index contributed by atoms with van der Waals surface area (Å²) in [5.74, 6) is 0. The van der Waals surface area contributed by atoms with Crippen LogP contribution in [-0.4, -0.2) is 0 Å². The van der Waals surface area contributed by atoms with Gasteiger partial charge >= 0.3 is 0 Å². The summed E-state index contributed by atoms with van der Waals surface area (Å²) in [6.07, 6.45) is 0. The van der Waals surface area contributed by atoms with E-state index >= 15 is 0 Å². The van der Waals surface area contributed by atoms with Gasteiger partial charge in [-0.05, 0) is 40.5 Å². The van der Waals surface area contributed by atoms with Crippen molar-refractivity contribution in [3.8, 4) is 6.07 Å². The Morgan fingerprint density at radius 2 is 2.18 bits per heavy atom. The first-order valence-electron chi connectivity index (χ1n) is 3.11. The first-order chi connectivity index (χ1) is 5.15. The van der Waals surface area contributed by atoms with Crippen molar-refractivity contribution in [3.63, 3.8) is 0 Å². The molecule has 1 aromatic carbocycles. The average molecular weight is 211 g/mol. The van der Waals surface area contributed by atoms with Gasteiger partial charge in [-0.3, -0.25) is 0 Å². The van der Waals surface area contributed by atoms with E-state index in [-0.39, 0.29) is 0 Å². The molecule has 0 aromatic heterocycles. The van der Waals surface area contributed by atoms with Crippen molar-refractivity contribution >= 4 is 21.6 Å². The molecule has 0 fully saturated rings. The van der Waals surface area contributed by atoms with Crippen molar-refractivity contribution in [1.82, 2.24) is 0 Å². The smallest absolute Gasteiger partial charge is 0.100 e. The van der Waals surface area contributed by atoms with Crippen LogP contribution < -0.4 is 5.73 Å². The van der Waals surface area contributed by atoms with E-state index in [1.807, 2.05) is 19.1 Å². The van der Waals surface area contributed by atoms with Crippen LogP contribution in [0.25, 0.3) is 0 Å². The van der Waals surface area contributed by atoms with Crippen LogP contribution in [0.5, 0.6) is 0 Å². The van der Waals surface area contributed by atoms with Crippen LogP contribution in [0.2, 0.25) is 0 Å². The molecule has 0 saturated heterocycles. The number of aryl methyl sites for hydroxylation is 1. The lowest BCUT2D eigenvalue weighted by Gasteiger charge is -2.01. The van der Waals surface area contributed by atoms with Crippen molar-refractivity contribution in [1.29, 1.82) is 5.26 Å². The van der Waals surface area contributed by atoms with E-state index in [1.54, 1.807) is 6.07 Å². The molecule has 0 aliphatic rings. The minimum Gasteiger partial charge on any atom is -0.398 e. The summed E-state index contributed by atoms with van der Waals surface area (Å²) in [6, 6.07) is 5.54. The highest BCUT2D eigenvalue weighted by atomic mass is 79.9. The SMILES string of the molecule is Cc1cc(Br)c(C#N)cc1N. The molecule has 0 amide bonds. The monoisotopic (exact) mass is 210 g/mol. The molecule has 2 N–H and O–H groups in total. The summed E-state index contributed by atoms with van der Waals surface area (Å²) in [4.78, 5) is 0. The van der Waals surface area contributed by atoms with Crippen molar-refractivity contribution < 1.29 is 0 Å². The summed E-state index contributed by atoms with van der Waals surface area (Å²) >= 11 is 3.26. The van der Waals surface area contributed by atoms with Gasteiger partial charge in [-0.1, -0.05) is 0 Å². The number of benzene rings is 1. The van der Waals surface area contributed by atoms with Crippen molar-refractivity contribution in [3.05, 3.63) is 27.7 Å². The summed E-state index contributed by atoms with van der Waals surface area (Å²) in [6.45, 7) is 1.90. The van der Waals surface area contributed by atoms with Crippen LogP contribution in [0.3, 0.4) is 0 Å². The predicted octanol–water partition coefficient (Wildman–Crippen LogP) is 2.21. The summed E-state index contributed by atoms with van der Waals surface area (Å²) in [7, 11) is 0. The van der Waals surface area contributed by atoms with Crippen LogP contribution in [0, 0.1) is 18.3 Å². The number of anilines is 1. The van der Waals surface area contributed by atoms with E-state index < -0.39 is 0 Å². The van der Waals surface area contributed by atoms with Crippen molar-refractivity contribution in [2.75, 3.05) is 5.73 Å². The molecular weight excluding hydrogens is 204 g/mol. The molecule has 0 aliphatic heterocycles. The average Bonchev–Trinajstić information content (AvgIpc) is 1.97. The first kappa shape index (κ1) is 8.09. The predicted molar refractivity (Wildman–Crippen MR) is 48.0 cm³/mol. The Kier molecular flexibility index (Phi) is 2.16. The molecular formula is C8H7BrN2. The molecule has 11 heavy (non-hydrogen) atoms. The summed E-state index contributed by atoms with van der Waals surface area (Å²) < 4.78 is 0.798. The highest BCUT2D eigenvalue weighted by molar-refractivity contribution is 9.10. The second kappa shape index (κ2) is 2.93. The maximum Gasteiger partial charge on any atom is 0.100 e. The number of hydrogen-bond acceptors (Lipinski definition) is 2. The third kappa shape index (κ3) is 1.52. The molecule has 2 nitrogen and oxygen atoms in total. The van der Waals surface area contributed by atoms with E-state index in [9.17, 15) is 0 Å². The van der Waals surface area contributed by atoms with E-state index in [4.69, 9.17) is 11.0 Å². The molecule has 0 bridgehead atoms. The van der Waals surface area contributed by atoms with Gasteiger partial charge in [0.1, 0.15) is 6.07 Å². The highest BCUT2D eigenvalue weighted by Crippen LogP contribution is 2.22. The Hall–Kier alpha value is -1.01. The largest absolute Gasteiger partial charge is 0.398 e. The van der Waals surface area contributed by atoms with Gasteiger partial charge in [-0.15, -0.1) is 0 Å². The topological polar surface area (TPSA) is 49.8 Å². The number of hydrogen-bond donors (Lipinski definition) is 1. The summed E-state index contributed by atoms with van der Waals surface area (Å²) in [5.41, 5.74) is 7.81. The fourth-order valence-corrected chi connectivity index (χ4v) is 1.32. The molecule has 0 spiro atoms. The molecule has 56 valence electrons. The van der Waals surface area contributed by atoms with E-state index in [2.05, 4.69) is 15.9 Å². The zero-order valence-electron chi connectivity index (χ0n) is 6.06. The molecule has 0 unspecified atom stereocenters. The Morgan fingerprint density at radius 1 is 1.55 bits per heavy atom. The van der Waals surface area contributed by atoms with Crippen LogP contribution in [0.4, 0.5) is 5.69 Å². The van der Waals surface area contributed by atoms with Crippen LogP contribution in [0.1, 0.15) is 11.1 Å². The third-order valence-corrected chi connectivity index (χ3v) is 2.13. The Labute approximate surface area is 73.8 Å². The molecule has 0 saturated carbocycles. The van der Waals surface area contributed by atoms with Crippen LogP contribution in [0.15, 0.2) is 16.6 Å². The van der Waals surface area contributed by atoms with E-state index in [0.717, 1.165) is 10.0 Å². The quantitative estimate of drug-likeness (QED) is 0.668. The van der Waals surface area contributed by atoms with E-state index in [0.29, 0.717) is 11.3 Å². The van der Waals surface area contributed by atoms with Gasteiger partial charge in [-0.25, -0.2) is 0 Å². The lowest BCUT2D eigenvalue weighted by Crippen LogP contribution is -1.90. The van der Waals surface area contributed by atoms with Gasteiger partial charge in [-0.2, -0.15) is 5.26 Å². The number of nitrogens with zero attached hydrogens (tertiary/aromatic N) is 1. The molecule has 0 radical (unpaired) electrons. The molecule has 1 aromatic rings.